The Balaban J connectivity index is 2.22. The quantitative estimate of drug-likeness (QED) is 0.655. The van der Waals surface area contributed by atoms with Crippen molar-refractivity contribution in [3.8, 4) is 5.75 Å². The first kappa shape index (κ1) is 13.6. The van der Waals surface area contributed by atoms with Crippen LogP contribution >= 0.6 is 0 Å². The van der Waals surface area contributed by atoms with E-state index in [1.54, 1.807) is 19.1 Å². The lowest BCUT2D eigenvalue weighted by Gasteiger charge is -2.25. The fourth-order valence-electron chi connectivity index (χ4n) is 2.13. The number of nitrogens with zero attached hydrogens (tertiary/aromatic N) is 1. The second-order valence-electron chi connectivity index (χ2n) is 4.86. The molecule has 104 valence electrons. The first-order valence-corrected chi connectivity index (χ1v) is 6.31. The summed E-state index contributed by atoms with van der Waals surface area (Å²) >= 11 is 0. The van der Waals surface area contributed by atoms with Gasteiger partial charge in [0, 0.05) is 24.4 Å². The fraction of sp³-hybridized carbons (Fsp3) is 0.538. The van der Waals surface area contributed by atoms with Crippen molar-refractivity contribution in [2.45, 2.75) is 25.8 Å². The molecule has 1 unspecified atom stereocenters. The average molecular weight is 266 g/mol. The maximum atomic E-state index is 10.9. The van der Waals surface area contributed by atoms with E-state index in [0.717, 1.165) is 18.7 Å². The van der Waals surface area contributed by atoms with Gasteiger partial charge in [0.25, 0.3) is 0 Å². The normalized spacial score (nSPS) is 22.2. The molecule has 6 heteroatoms. The number of nitrogens with one attached hydrogen (secondary N) is 1. The van der Waals surface area contributed by atoms with Crippen molar-refractivity contribution in [2.75, 3.05) is 25.1 Å². The number of anilines is 1. The third-order valence-corrected chi connectivity index (χ3v) is 3.12. The molecule has 0 radical (unpaired) electrons. The summed E-state index contributed by atoms with van der Waals surface area (Å²) in [5.41, 5.74) is 0.668. The van der Waals surface area contributed by atoms with Crippen molar-refractivity contribution < 1.29 is 14.4 Å². The minimum atomic E-state index is -0.435. The van der Waals surface area contributed by atoms with E-state index < -0.39 is 4.92 Å². The SMILES string of the molecule is CCOc1cc(NC2(C)CCOC2)ccc1[N+](=O)[O-]. The molecule has 6 nitrogen and oxygen atoms in total. The first-order valence-electron chi connectivity index (χ1n) is 6.31. The molecule has 0 aliphatic carbocycles. The van der Waals surface area contributed by atoms with Gasteiger partial charge >= 0.3 is 5.69 Å². The third-order valence-electron chi connectivity index (χ3n) is 3.12. The molecule has 1 heterocycles. The Kier molecular flexibility index (Phi) is 3.90. The van der Waals surface area contributed by atoms with Gasteiger partial charge in [0.2, 0.25) is 0 Å². The van der Waals surface area contributed by atoms with Crippen LogP contribution in [0, 0.1) is 10.1 Å². The zero-order valence-electron chi connectivity index (χ0n) is 11.1. The van der Waals surface area contributed by atoms with Gasteiger partial charge in [-0.2, -0.15) is 0 Å². The van der Waals surface area contributed by atoms with Crippen LogP contribution in [0.3, 0.4) is 0 Å². The number of nitro groups is 1. The second-order valence-corrected chi connectivity index (χ2v) is 4.86. The van der Waals surface area contributed by atoms with Gasteiger partial charge in [-0.05, 0) is 26.3 Å². The summed E-state index contributed by atoms with van der Waals surface area (Å²) < 4.78 is 10.7. The number of ether oxygens (including phenoxy) is 2. The fourth-order valence-corrected chi connectivity index (χ4v) is 2.13. The van der Waals surface area contributed by atoms with Crippen molar-refractivity contribution in [2.24, 2.45) is 0 Å². The van der Waals surface area contributed by atoms with Crippen molar-refractivity contribution in [3.05, 3.63) is 28.3 Å². The summed E-state index contributed by atoms with van der Waals surface area (Å²) in [5, 5.41) is 14.3. The van der Waals surface area contributed by atoms with Crippen LogP contribution in [0.2, 0.25) is 0 Å². The van der Waals surface area contributed by atoms with Gasteiger partial charge in [-0.1, -0.05) is 0 Å². The molecule has 0 saturated carbocycles. The summed E-state index contributed by atoms with van der Waals surface area (Å²) in [6.45, 7) is 5.63. The predicted octanol–water partition coefficient (Wildman–Crippen LogP) is 2.58. The minimum Gasteiger partial charge on any atom is -0.487 e. The topological polar surface area (TPSA) is 73.6 Å². The van der Waals surface area contributed by atoms with Crippen LogP contribution in [0.5, 0.6) is 5.75 Å². The summed E-state index contributed by atoms with van der Waals surface area (Å²) in [6.07, 6.45) is 0.911. The monoisotopic (exact) mass is 266 g/mol. The minimum absolute atomic E-state index is 0.0137. The zero-order chi connectivity index (χ0) is 13.9. The number of rotatable bonds is 5. The molecule has 0 bridgehead atoms. The van der Waals surface area contributed by atoms with Crippen molar-refractivity contribution >= 4 is 11.4 Å². The maximum Gasteiger partial charge on any atom is 0.311 e. The second kappa shape index (κ2) is 5.44. The van der Waals surface area contributed by atoms with Crippen LogP contribution in [0.15, 0.2) is 18.2 Å². The van der Waals surface area contributed by atoms with Crippen LogP contribution in [0.25, 0.3) is 0 Å². The van der Waals surface area contributed by atoms with Crippen LogP contribution in [0.4, 0.5) is 11.4 Å². The van der Waals surface area contributed by atoms with Crippen molar-refractivity contribution in [1.29, 1.82) is 0 Å². The van der Waals surface area contributed by atoms with Gasteiger partial charge in [-0.15, -0.1) is 0 Å². The molecule has 1 aliphatic heterocycles. The summed E-state index contributed by atoms with van der Waals surface area (Å²) in [4.78, 5) is 10.5. The maximum absolute atomic E-state index is 10.9. The molecule has 2 rings (SSSR count). The molecule has 0 spiro atoms. The van der Waals surface area contributed by atoms with Crippen LogP contribution < -0.4 is 10.1 Å². The highest BCUT2D eigenvalue weighted by molar-refractivity contribution is 5.59. The highest BCUT2D eigenvalue weighted by Crippen LogP contribution is 2.32. The molecular formula is C13H18N2O4. The van der Waals surface area contributed by atoms with Crippen molar-refractivity contribution in [1.82, 2.24) is 0 Å². The van der Waals surface area contributed by atoms with Crippen LogP contribution in [0.1, 0.15) is 20.3 Å². The lowest BCUT2D eigenvalue weighted by molar-refractivity contribution is -0.385. The Bertz CT molecular complexity index is 470. The van der Waals surface area contributed by atoms with Gasteiger partial charge in [0.05, 0.1) is 23.7 Å². The standard InChI is InChI=1S/C13H18N2O4/c1-3-19-12-8-10(4-5-11(12)15(16)17)14-13(2)6-7-18-9-13/h4-5,8,14H,3,6-7,9H2,1-2H3. The zero-order valence-corrected chi connectivity index (χ0v) is 11.1. The molecule has 1 atom stereocenters. The third kappa shape index (κ3) is 3.14. The van der Waals surface area contributed by atoms with E-state index in [4.69, 9.17) is 9.47 Å². The average Bonchev–Trinajstić information content (AvgIpc) is 2.76. The Morgan fingerprint density at radius 2 is 2.37 bits per heavy atom. The molecule has 1 N–H and O–H groups in total. The molecule has 19 heavy (non-hydrogen) atoms. The smallest absolute Gasteiger partial charge is 0.311 e. The van der Waals surface area contributed by atoms with E-state index in [2.05, 4.69) is 12.2 Å². The van der Waals surface area contributed by atoms with Crippen LogP contribution in [-0.4, -0.2) is 30.3 Å². The Labute approximate surface area is 111 Å². The van der Waals surface area contributed by atoms with Crippen molar-refractivity contribution in [3.63, 3.8) is 0 Å². The Morgan fingerprint density at radius 1 is 1.58 bits per heavy atom. The van der Waals surface area contributed by atoms with Gasteiger partial charge in [0.1, 0.15) is 0 Å². The van der Waals surface area contributed by atoms with Crippen LogP contribution in [-0.2, 0) is 4.74 Å². The Morgan fingerprint density at radius 3 is 2.95 bits per heavy atom. The molecule has 0 amide bonds. The molecular weight excluding hydrogens is 248 g/mol. The van der Waals surface area contributed by atoms with Gasteiger partial charge in [-0.25, -0.2) is 0 Å². The van der Waals surface area contributed by atoms with E-state index >= 15 is 0 Å². The van der Waals surface area contributed by atoms with E-state index in [9.17, 15) is 10.1 Å². The Hall–Kier alpha value is -1.82. The summed E-state index contributed by atoms with van der Waals surface area (Å²) in [7, 11) is 0. The summed E-state index contributed by atoms with van der Waals surface area (Å²) in [5.74, 6) is 0.292. The molecule has 1 aliphatic rings. The molecule has 1 fully saturated rings. The predicted molar refractivity (Wildman–Crippen MR) is 71.7 cm³/mol. The van der Waals surface area contributed by atoms with E-state index in [0.29, 0.717) is 19.0 Å². The number of benzene rings is 1. The van der Waals surface area contributed by atoms with E-state index in [1.807, 2.05) is 0 Å². The summed E-state index contributed by atoms with van der Waals surface area (Å²) in [6, 6.07) is 4.84. The van der Waals surface area contributed by atoms with Gasteiger partial charge in [0.15, 0.2) is 5.75 Å². The lowest BCUT2D eigenvalue weighted by atomic mass is 10.0. The highest BCUT2D eigenvalue weighted by atomic mass is 16.6. The number of hydrogen-bond acceptors (Lipinski definition) is 5. The van der Waals surface area contributed by atoms with E-state index in [1.165, 1.54) is 6.07 Å². The highest BCUT2D eigenvalue weighted by Gasteiger charge is 2.29. The largest absolute Gasteiger partial charge is 0.487 e. The first-order chi connectivity index (χ1) is 9.04. The molecule has 1 saturated heterocycles. The lowest BCUT2D eigenvalue weighted by Crippen LogP contribution is -2.34. The molecule has 1 aromatic carbocycles. The molecule has 1 aromatic rings. The van der Waals surface area contributed by atoms with E-state index in [-0.39, 0.29) is 11.2 Å². The van der Waals surface area contributed by atoms with Gasteiger partial charge < -0.3 is 14.8 Å². The number of nitro benzene ring substituents is 1. The van der Waals surface area contributed by atoms with Gasteiger partial charge in [-0.3, -0.25) is 10.1 Å². The number of hydrogen-bond donors (Lipinski definition) is 1. The molecule has 0 aromatic heterocycles.